The van der Waals surface area contributed by atoms with Crippen molar-refractivity contribution in [3.63, 3.8) is 0 Å². The van der Waals surface area contributed by atoms with E-state index < -0.39 is 11.6 Å². The van der Waals surface area contributed by atoms with Crippen LogP contribution in [0, 0.1) is 0 Å². The number of hydrogen-bond donors (Lipinski definition) is 0. The minimum Gasteiger partial charge on any atom is -0.466 e. The monoisotopic (exact) mass is 382 g/mol. The van der Waals surface area contributed by atoms with Gasteiger partial charge in [0.05, 0.1) is 19.2 Å². The Labute approximate surface area is 165 Å². The van der Waals surface area contributed by atoms with Crippen LogP contribution in [0.5, 0.6) is 0 Å². The van der Waals surface area contributed by atoms with Gasteiger partial charge in [-0.05, 0) is 69.0 Å². The van der Waals surface area contributed by atoms with E-state index in [1.807, 2.05) is 45.0 Å². The molecule has 1 aromatic carbocycles. The smallest absolute Gasteiger partial charge is 0.410 e. The van der Waals surface area contributed by atoms with Gasteiger partial charge in [0.2, 0.25) is 0 Å². The molecule has 2 aromatic rings. The van der Waals surface area contributed by atoms with Gasteiger partial charge in [0.15, 0.2) is 0 Å². The molecule has 0 spiro atoms. The van der Waals surface area contributed by atoms with E-state index in [9.17, 15) is 9.59 Å². The van der Waals surface area contributed by atoms with E-state index in [-0.39, 0.29) is 12.1 Å². The lowest BCUT2D eigenvalue weighted by Gasteiger charge is -2.27. The van der Waals surface area contributed by atoms with Crippen molar-refractivity contribution < 1.29 is 19.1 Å². The number of aromatic nitrogens is 1. The van der Waals surface area contributed by atoms with Gasteiger partial charge in [-0.2, -0.15) is 0 Å². The molecule has 0 N–H and O–H groups in total. The number of methoxy groups -OCH3 is 1. The first kappa shape index (κ1) is 19.9. The van der Waals surface area contributed by atoms with Crippen molar-refractivity contribution in [2.45, 2.75) is 51.8 Å². The van der Waals surface area contributed by atoms with Crippen LogP contribution in [-0.4, -0.2) is 40.7 Å². The number of carbonyl (C=O) groups is 2. The summed E-state index contributed by atoms with van der Waals surface area (Å²) in [6, 6.07) is 7.94. The lowest BCUT2D eigenvalue weighted by molar-refractivity contribution is -0.134. The largest absolute Gasteiger partial charge is 0.466 e. The van der Waals surface area contributed by atoms with Crippen molar-refractivity contribution in [1.82, 2.24) is 9.88 Å². The molecule has 1 saturated carbocycles. The summed E-state index contributed by atoms with van der Waals surface area (Å²) in [6.45, 7) is 6.01. The summed E-state index contributed by atoms with van der Waals surface area (Å²) in [5.41, 5.74) is 2.06. The standard InChI is InChI=1S/C22H26N2O4/c1-22(2,3)28-21(26)24(18-8-9-18)14-17-13-15(7-10-19(25)27-4)12-16-6-5-11-23-20(16)17/h5-7,10-13,18H,8-9,14H2,1-4H3. The van der Waals surface area contributed by atoms with Crippen LogP contribution in [0.1, 0.15) is 44.7 Å². The van der Waals surface area contributed by atoms with E-state index in [0.717, 1.165) is 34.9 Å². The maximum absolute atomic E-state index is 12.7. The molecule has 1 aromatic heterocycles. The highest BCUT2D eigenvalue weighted by Gasteiger charge is 2.35. The molecule has 6 nitrogen and oxygen atoms in total. The number of esters is 1. The number of amides is 1. The summed E-state index contributed by atoms with van der Waals surface area (Å²) in [4.78, 5) is 30.5. The summed E-state index contributed by atoms with van der Waals surface area (Å²) in [5, 5.41) is 0.949. The van der Waals surface area contributed by atoms with E-state index in [1.165, 1.54) is 13.2 Å². The van der Waals surface area contributed by atoms with Gasteiger partial charge in [-0.3, -0.25) is 4.98 Å². The fourth-order valence-electron chi connectivity index (χ4n) is 2.98. The zero-order chi connectivity index (χ0) is 20.3. The highest BCUT2D eigenvalue weighted by atomic mass is 16.6. The van der Waals surface area contributed by atoms with Gasteiger partial charge in [0.25, 0.3) is 0 Å². The van der Waals surface area contributed by atoms with Crippen LogP contribution >= 0.6 is 0 Å². The molecule has 0 aliphatic heterocycles. The van der Waals surface area contributed by atoms with Gasteiger partial charge in [-0.1, -0.05) is 6.07 Å². The maximum atomic E-state index is 12.7. The first-order valence-electron chi connectivity index (χ1n) is 9.40. The average Bonchev–Trinajstić information content (AvgIpc) is 3.47. The third-order valence-corrected chi connectivity index (χ3v) is 4.38. The Bertz CT molecular complexity index is 910. The number of rotatable bonds is 5. The SMILES string of the molecule is COC(=O)C=Cc1cc(CN(C(=O)OC(C)(C)C)C2CC2)c2ncccc2c1. The predicted octanol–water partition coefficient (Wildman–Crippen LogP) is 4.32. The molecule has 28 heavy (non-hydrogen) atoms. The van der Waals surface area contributed by atoms with Crippen LogP contribution in [0.15, 0.2) is 36.5 Å². The Kier molecular flexibility index (Phi) is 5.68. The Morgan fingerprint density at radius 2 is 2.04 bits per heavy atom. The van der Waals surface area contributed by atoms with Gasteiger partial charge in [0.1, 0.15) is 5.60 Å². The molecule has 1 aliphatic carbocycles. The van der Waals surface area contributed by atoms with E-state index in [2.05, 4.69) is 9.72 Å². The van der Waals surface area contributed by atoms with Gasteiger partial charge in [-0.15, -0.1) is 0 Å². The third kappa shape index (κ3) is 5.09. The lowest BCUT2D eigenvalue weighted by atomic mass is 10.0. The number of pyridine rings is 1. The Balaban J connectivity index is 1.94. The van der Waals surface area contributed by atoms with E-state index in [4.69, 9.17) is 4.74 Å². The van der Waals surface area contributed by atoms with Crippen molar-refractivity contribution in [1.29, 1.82) is 0 Å². The Hall–Kier alpha value is -2.89. The minimum absolute atomic E-state index is 0.197. The number of benzene rings is 1. The first-order chi connectivity index (χ1) is 13.3. The van der Waals surface area contributed by atoms with Crippen LogP contribution in [0.25, 0.3) is 17.0 Å². The molecule has 1 heterocycles. The van der Waals surface area contributed by atoms with Crippen LogP contribution in [0.3, 0.4) is 0 Å². The number of ether oxygens (including phenoxy) is 2. The molecule has 0 atom stereocenters. The summed E-state index contributed by atoms with van der Waals surface area (Å²) in [5.74, 6) is -0.416. The average molecular weight is 382 g/mol. The number of carbonyl (C=O) groups excluding carboxylic acids is 2. The van der Waals surface area contributed by atoms with E-state index >= 15 is 0 Å². The molecule has 0 unspecified atom stereocenters. The third-order valence-electron chi connectivity index (χ3n) is 4.38. The molecule has 1 amide bonds. The fraction of sp³-hybridized carbons (Fsp3) is 0.409. The molecule has 3 rings (SSSR count). The summed E-state index contributed by atoms with van der Waals surface area (Å²) >= 11 is 0. The molecule has 6 heteroatoms. The van der Waals surface area contributed by atoms with E-state index in [0.29, 0.717) is 6.54 Å². The molecule has 1 fully saturated rings. The number of fused-ring (bicyclic) bond motifs is 1. The second-order valence-corrected chi connectivity index (χ2v) is 7.95. The topological polar surface area (TPSA) is 68.7 Å². The Morgan fingerprint density at radius 1 is 1.29 bits per heavy atom. The zero-order valence-electron chi connectivity index (χ0n) is 16.8. The highest BCUT2D eigenvalue weighted by molar-refractivity contribution is 5.89. The second-order valence-electron chi connectivity index (χ2n) is 7.95. The summed E-state index contributed by atoms with van der Waals surface area (Å²) < 4.78 is 10.3. The zero-order valence-corrected chi connectivity index (χ0v) is 16.8. The number of nitrogens with zero attached hydrogens (tertiary/aromatic N) is 2. The summed E-state index contributed by atoms with van der Waals surface area (Å²) in [6.07, 6.45) is 6.48. The van der Waals surface area contributed by atoms with Gasteiger partial charge in [-0.25, -0.2) is 9.59 Å². The maximum Gasteiger partial charge on any atom is 0.410 e. The van der Waals surface area contributed by atoms with Gasteiger partial charge < -0.3 is 14.4 Å². The highest BCUT2D eigenvalue weighted by Crippen LogP contribution is 2.31. The fourth-order valence-corrected chi connectivity index (χ4v) is 2.98. The number of hydrogen-bond acceptors (Lipinski definition) is 5. The molecular formula is C22H26N2O4. The van der Waals surface area contributed by atoms with Crippen molar-refractivity contribution in [2.75, 3.05) is 7.11 Å². The normalized spacial score (nSPS) is 14.3. The van der Waals surface area contributed by atoms with Crippen molar-refractivity contribution in [2.24, 2.45) is 0 Å². The molecule has 148 valence electrons. The van der Waals surface area contributed by atoms with Crippen LogP contribution in [-0.2, 0) is 20.8 Å². The quantitative estimate of drug-likeness (QED) is 0.569. The molecule has 0 bridgehead atoms. The van der Waals surface area contributed by atoms with Crippen molar-refractivity contribution in [3.8, 4) is 0 Å². The van der Waals surface area contributed by atoms with Crippen LogP contribution in [0.4, 0.5) is 4.79 Å². The lowest BCUT2D eigenvalue weighted by Crippen LogP contribution is -2.37. The molecule has 0 radical (unpaired) electrons. The first-order valence-corrected chi connectivity index (χ1v) is 9.40. The Morgan fingerprint density at radius 3 is 2.68 bits per heavy atom. The summed E-state index contributed by atoms with van der Waals surface area (Å²) in [7, 11) is 1.34. The minimum atomic E-state index is -0.546. The van der Waals surface area contributed by atoms with Crippen molar-refractivity contribution in [3.05, 3.63) is 47.7 Å². The molecule has 0 saturated heterocycles. The molecular weight excluding hydrogens is 356 g/mol. The molecule has 1 aliphatic rings. The van der Waals surface area contributed by atoms with Crippen LogP contribution < -0.4 is 0 Å². The van der Waals surface area contributed by atoms with Crippen LogP contribution in [0.2, 0.25) is 0 Å². The second kappa shape index (κ2) is 8.00. The van der Waals surface area contributed by atoms with E-state index in [1.54, 1.807) is 17.2 Å². The predicted molar refractivity (Wildman–Crippen MR) is 108 cm³/mol. The van der Waals surface area contributed by atoms with Gasteiger partial charge >= 0.3 is 12.1 Å². The van der Waals surface area contributed by atoms with Crippen molar-refractivity contribution >= 4 is 29.0 Å². The van der Waals surface area contributed by atoms with Gasteiger partial charge in [0, 0.05) is 23.7 Å².